The molecule has 1 amide bonds. The zero-order chi connectivity index (χ0) is 13.0. The molecular formula is C11H17NO4S. The number of likely N-dealkylation sites (tertiary alicyclic amines) is 1. The molecule has 1 heterocycles. The van der Waals surface area contributed by atoms with E-state index in [1.807, 2.05) is 0 Å². The third-order valence-electron chi connectivity index (χ3n) is 2.78. The topological polar surface area (TPSA) is 74.7 Å². The minimum Gasteiger partial charge on any atom is -0.480 e. The highest BCUT2D eigenvalue weighted by Crippen LogP contribution is 2.21. The minimum absolute atomic E-state index is 0.0270. The van der Waals surface area contributed by atoms with Gasteiger partial charge in [-0.2, -0.15) is 0 Å². The molecule has 0 aromatic carbocycles. The lowest BCUT2D eigenvalue weighted by molar-refractivity contribution is -0.149. The van der Waals surface area contributed by atoms with E-state index in [1.54, 1.807) is 6.92 Å². The van der Waals surface area contributed by atoms with Crippen LogP contribution in [0.2, 0.25) is 0 Å². The predicted molar refractivity (Wildman–Crippen MR) is 64.7 cm³/mol. The van der Waals surface area contributed by atoms with Gasteiger partial charge in [0, 0.05) is 25.1 Å². The van der Waals surface area contributed by atoms with Crippen LogP contribution in [0.15, 0.2) is 0 Å². The summed E-state index contributed by atoms with van der Waals surface area (Å²) in [5, 5.41) is 8.95. The van der Waals surface area contributed by atoms with Gasteiger partial charge in [0.15, 0.2) is 5.12 Å². The molecule has 1 fully saturated rings. The molecule has 5 nitrogen and oxygen atoms in total. The Bertz CT molecular complexity index is 331. The fourth-order valence-corrected chi connectivity index (χ4v) is 2.51. The third kappa shape index (κ3) is 3.73. The number of amides is 1. The number of carbonyl (C=O) groups is 3. The van der Waals surface area contributed by atoms with Crippen LogP contribution in [-0.4, -0.2) is 45.3 Å². The molecule has 17 heavy (non-hydrogen) atoms. The molecule has 1 saturated heterocycles. The zero-order valence-corrected chi connectivity index (χ0v) is 10.8. The maximum atomic E-state index is 12.0. The van der Waals surface area contributed by atoms with Gasteiger partial charge in [-0.05, 0) is 12.8 Å². The number of aliphatic carboxylic acids is 1. The summed E-state index contributed by atoms with van der Waals surface area (Å²) in [6.45, 7) is 3.69. The molecule has 6 heteroatoms. The Hall–Kier alpha value is -1.04. The molecule has 0 bridgehead atoms. The number of hydrogen-bond acceptors (Lipinski definition) is 4. The lowest BCUT2D eigenvalue weighted by Gasteiger charge is -2.24. The van der Waals surface area contributed by atoms with E-state index in [-0.39, 0.29) is 16.9 Å². The quantitative estimate of drug-likeness (QED) is 0.814. The summed E-state index contributed by atoms with van der Waals surface area (Å²) >= 11 is 1.10. The van der Waals surface area contributed by atoms with Gasteiger partial charge in [-0.3, -0.25) is 9.59 Å². The number of carbonyl (C=O) groups excluding carboxylic acids is 2. The summed E-state index contributed by atoms with van der Waals surface area (Å²) in [7, 11) is 0. The SMILES string of the molecule is CC(=O)SC[C@H](C)C(=O)N1CCC[C@H]1C(=O)O. The van der Waals surface area contributed by atoms with Crippen molar-refractivity contribution in [3.63, 3.8) is 0 Å². The third-order valence-corrected chi connectivity index (χ3v) is 3.85. The van der Waals surface area contributed by atoms with Crippen LogP contribution >= 0.6 is 11.8 Å². The predicted octanol–water partition coefficient (Wildman–Crippen LogP) is 0.978. The van der Waals surface area contributed by atoms with Crippen molar-refractivity contribution in [3.05, 3.63) is 0 Å². The van der Waals surface area contributed by atoms with Crippen molar-refractivity contribution in [2.24, 2.45) is 5.92 Å². The monoisotopic (exact) mass is 259 g/mol. The molecule has 96 valence electrons. The number of rotatable bonds is 4. The van der Waals surface area contributed by atoms with E-state index in [2.05, 4.69) is 0 Å². The van der Waals surface area contributed by atoms with Gasteiger partial charge < -0.3 is 10.0 Å². The number of nitrogens with zero attached hydrogens (tertiary/aromatic N) is 1. The molecule has 0 spiro atoms. The first kappa shape index (κ1) is 14.0. The molecule has 1 aliphatic heterocycles. The van der Waals surface area contributed by atoms with Crippen LogP contribution < -0.4 is 0 Å². The number of carboxylic acid groups (broad SMARTS) is 1. The summed E-state index contributed by atoms with van der Waals surface area (Å²) in [6.07, 6.45) is 1.25. The largest absolute Gasteiger partial charge is 0.480 e. The minimum atomic E-state index is -0.942. The first-order chi connectivity index (χ1) is 7.93. The summed E-state index contributed by atoms with van der Waals surface area (Å²) in [5.74, 6) is -1.01. The second kappa shape index (κ2) is 6.05. The summed E-state index contributed by atoms with van der Waals surface area (Å²) in [6, 6.07) is -0.688. The van der Waals surface area contributed by atoms with Crippen LogP contribution in [0, 0.1) is 5.92 Å². The van der Waals surface area contributed by atoms with Gasteiger partial charge in [0.25, 0.3) is 0 Å². The van der Waals surface area contributed by atoms with Crippen molar-refractivity contribution in [1.29, 1.82) is 0 Å². The second-order valence-corrected chi connectivity index (χ2v) is 5.43. The molecule has 0 aliphatic carbocycles. The van der Waals surface area contributed by atoms with E-state index in [0.717, 1.165) is 18.2 Å². The van der Waals surface area contributed by atoms with Crippen molar-refractivity contribution >= 4 is 28.8 Å². The Morgan fingerprint density at radius 3 is 2.65 bits per heavy atom. The number of carboxylic acids is 1. The molecule has 1 N–H and O–H groups in total. The smallest absolute Gasteiger partial charge is 0.326 e. The average Bonchev–Trinajstić information content (AvgIpc) is 2.73. The van der Waals surface area contributed by atoms with Gasteiger partial charge in [-0.1, -0.05) is 18.7 Å². The molecule has 2 atom stereocenters. The Morgan fingerprint density at radius 1 is 1.47 bits per heavy atom. The highest BCUT2D eigenvalue weighted by atomic mass is 32.2. The average molecular weight is 259 g/mol. The van der Waals surface area contributed by atoms with Gasteiger partial charge in [0.1, 0.15) is 6.04 Å². The van der Waals surface area contributed by atoms with Crippen LogP contribution in [-0.2, 0) is 14.4 Å². The van der Waals surface area contributed by atoms with Crippen LogP contribution in [0.3, 0.4) is 0 Å². The number of hydrogen-bond donors (Lipinski definition) is 1. The van der Waals surface area contributed by atoms with E-state index in [4.69, 9.17) is 5.11 Å². The molecule has 0 unspecified atom stereocenters. The summed E-state index contributed by atoms with van der Waals surface area (Å²) < 4.78 is 0. The molecule has 1 rings (SSSR count). The van der Waals surface area contributed by atoms with Crippen LogP contribution in [0.4, 0.5) is 0 Å². The van der Waals surface area contributed by atoms with Crippen LogP contribution in [0.5, 0.6) is 0 Å². The summed E-state index contributed by atoms with van der Waals surface area (Å²) in [4.78, 5) is 35.2. The van der Waals surface area contributed by atoms with Crippen LogP contribution in [0.25, 0.3) is 0 Å². The molecule has 0 saturated carbocycles. The second-order valence-electron chi connectivity index (χ2n) is 4.23. The Kier molecular flexibility index (Phi) is 4.99. The number of thioether (sulfide) groups is 1. The lowest BCUT2D eigenvalue weighted by Crippen LogP contribution is -2.43. The van der Waals surface area contributed by atoms with E-state index in [1.165, 1.54) is 11.8 Å². The Morgan fingerprint density at radius 2 is 2.12 bits per heavy atom. The molecule has 0 aromatic heterocycles. The van der Waals surface area contributed by atoms with E-state index >= 15 is 0 Å². The Balaban J connectivity index is 2.56. The molecule has 0 aromatic rings. The highest BCUT2D eigenvalue weighted by molar-refractivity contribution is 8.13. The van der Waals surface area contributed by atoms with Gasteiger partial charge in [-0.25, -0.2) is 4.79 Å². The van der Waals surface area contributed by atoms with Gasteiger partial charge in [-0.15, -0.1) is 0 Å². The lowest BCUT2D eigenvalue weighted by atomic mass is 10.1. The Labute approximate surface area is 105 Å². The van der Waals surface area contributed by atoms with Crippen LogP contribution in [0.1, 0.15) is 26.7 Å². The fraction of sp³-hybridized carbons (Fsp3) is 0.727. The maximum Gasteiger partial charge on any atom is 0.326 e. The van der Waals surface area contributed by atoms with E-state index < -0.39 is 12.0 Å². The first-order valence-corrected chi connectivity index (χ1v) is 6.58. The molecule has 0 radical (unpaired) electrons. The maximum absolute atomic E-state index is 12.0. The van der Waals surface area contributed by atoms with Gasteiger partial charge >= 0.3 is 5.97 Å². The normalized spacial score (nSPS) is 21.3. The zero-order valence-electron chi connectivity index (χ0n) is 10.0. The molecule has 1 aliphatic rings. The van der Waals surface area contributed by atoms with E-state index in [9.17, 15) is 14.4 Å². The summed E-state index contributed by atoms with van der Waals surface area (Å²) in [5.41, 5.74) is 0. The standard InChI is InChI=1S/C11H17NO4S/c1-7(6-17-8(2)13)10(14)12-5-3-4-9(12)11(15)16/h7,9H,3-6H2,1-2H3,(H,15,16)/t7-,9-/m0/s1. The highest BCUT2D eigenvalue weighted by Gasteiger charge is 2.35. The van der Waals surface area contributed by atoms with Crippen molar-refractivity contribution in [2.75, 3.05) is 12.3 Å². The van der Waals surface area contributed by atoms with E-state index in [0.29, 0.717) is 18.7 Å². The van der Waals surface area contributed by atoms with Crippen molar-refractivity contribution in [3.8, 4) is 0 Å². The van der Waals surface area contributed by atoms with Crippen molar-refractivity contribution in [1.82, 2.24) is 4.90 Å². The first-order valence-electron chi connectivity index (χ1n) is 5.60. The molecular weight excluding hydrogens is 242 g/mol. The van der Waals surface area contributed by atoms with Gasteiger partial charge in [0.05, 0.1) is 0 Å². The van der Waals surface area contributed by atoms with Crippen molar-refractivity contribution in [2.45, 2.75) is 32.7 Å². The van der Waals surface area contributed by atoms with Crippen molar-refractivity contribution < 1.29 is 19.5 Å². The fourth-order valence-electron chi connectivity index (χ4n) is 1.88. The van der Waals surface area contributed by atoms with Gasteiger partial charge in [0.2, 0.25) is 5.91 Å².